The van der Waals surface area contributed by atoms with Gasteiger partial charge in [0.2, 0.25) is 0 Å². The Labute approximate surface area is 123 Å². The van der Waals surface area contributed by atoms with E-state index < -0.39 is 0 Å². The zero-order chi connectivity index (χ0) is 15.2. The van der Waals surface area contributed by atoms with Gasteiger partial charge in [0.25, 0.3) is 5.91 Å². The molecule has 0 heterocycles. The molecule has 2 rings (SSSR count). The van der Waals surface area contributed by atoms with Gasteiger partial charge >= 0.3 is 0 Å². The van der Waals surface area contributed by atoms with E-state index in [0.717, 1.165) is 5.56 Å². The number of phenolic OH excluding ortho intramolecular Hbond substituents is 1. The number of nitrogen functional groups attached to an aromatic ring is 1. The minimum Gasteiger partial charge on any atom is -0.508 e. The number of carbonyl (C=O) groups excluding carboxylic acids is 1. The van der Waals surface area contributed by atoms with Crippen LogP contribution in [0, 0.1) is 0 Å². The Morgan fingerprint density at radius 3 is 2.71 bits per heavy atom. The first kappa shape index (κ1) is 14.7. The fourth-order valence-corrected chi connectivity index (χ4v) is 1.88. The number of hydrogen-bond donors (Lipinski definition) is 2. The Morgan fingerprint density at radius 1 is 1.24 bits per heavy atom. The van der Waals surface area contributed by atoms with Gasteiger partial charge in [-0.1, -0.05) is 18.2 Å². The second-order valence-electron chi connectivity index (χ2n) is 4.78. The van der Waals surface area contributed by atoms with Crippen LogP contribution >= 0.6 is 0 Å². The van der Waals surface area contributed by atoms with Crippen molar-refractivity contribution in [3.8, 4) is 11.5 Å². The van der Waals surface area contributed by atoms with Crippen LogP contribution in [0.15, 0.2) is 48.5 Å². The summed E-state index contributed by atoms with van der Waals surface area (Å²) in [6, 6.07) is 13.8. The molecule has 5 heteroatoms. The highest BCUT2D eigenvalue weighted by Gasteiger charge is 2.10. The smallest absolute Gasteiger partial charge is 0.260 e. The van der Waals surface area contributed by atoms with E-state index in [4.69, 9.17) is 10.5 Å². The maximum atomic E-state index is 12.0. The Hall–Kier alpha value is -2.69. The van der Waals surface area contributed by atoms with Crippen LogP contribution in [0.4, 0.5) is 5.69 Å². The molecule has 5 nitrogen and oxygen atoms in total. The molecule has 21 heavy (non-hydrogen) atoms. The summed E-state index contributed by atoms with van der Waals surface area (Å²) in [5.41, 5.74) is 7.09. The molecule has 0 aliphatic rings. The van der Waals surface area contributed by atoms with Gasteiger partial charge in [-0.15, -0.1) is 0 Å². The lowest BCUT2D eigenvalue weighted by atomic mass is 10.2. The Balaban J connectivity index is 1.88. The summed E-state index contributed by atoms with van der Waals surface area (Å²) in [6.07, 6.45) is 0. The molecular formula is C16H18N2O3. The maximum absolute atomic E-state index is 12.0. The number of hydrogen-bond acceptors (Lipinski definition) is 4. The molecule has 2 aromatic rings. The lowest BCUT2D eigenvalue weighted by Gasteiger charge is -2.17. The number of carbonyl (C=O) groups is 1. The van der Waals surface area contributed by atoms with Crippen LogP contribution in [0.2, 0.25) is 0 Å². The normalized spacial score (nSPS) is 10.1. The van der Waals surface area contributed by atoms with Gasteiger partial charge in [0.15, 0.2) is 6.61 Å². The number of nitrogens with zero attached hydrogens (tertiary/aromatic N) is 1. The van der Waals surface area contributed by atoms with E-state index in [1.165, 1.54) is 0 Å². The summed E-state index contributed by atoms with van der Waals surface area (Å²) in [6.45, 7) is 0.353. The molecule has 0 aliphatic carbocycles. The van der Waals surface area contributed by atoms with E-state index in [0.29, 0.717) is 18.0 Å². The highest BCUT2D eigenvalue weighted by molar-refractivity contribution is 5.77. The molecule has 0 radical (unpaired) electrons. The SMILES string of the molecule is CN(Cc1cccc(O)c1)C(=O)COc1cccc(N)c1. The van der Waals surface area contributed by atoms with Gasteiger partial charge in [-0.25, -0.2) is 0 Å². The molecule has 0 bridgehead atoms. The van der Waals surface area contributed by atoms with Gasteiger partial charge in [0.05, 0.1) is 0 Å². The number of benzene rings is 2. The summed E-state index contributed by atoms with van der Waals surface area (Å²) in [5, 5.41) is 9.40. The van der Waals surface area contributed by atoms with Crippen molar-refractivity contribution in [3.05, 3.63) is 54.1 Å². The molecule has 3 N–H and O–H groups in total. The molecule has 0 fully saturated rings. The molecular weight excluding hydrogens is 268 g/mol. The number of phenols is 1. The number of anilines is 1. The Bertz CT molecular complexity index is 628. The first-order chi connectivity index (χ1) is 10.0. The molecule has 0 aliphatic heterocycles. The monoisotopic (exact) mass is 286 g/mol. The number of nitrogens with two attached hydrogens (primary N) is 1. The Morgan fingerprint density at radius 2 is 2.00 bits per heavy atom. The average Bonchev–Trinajstić information content (AvgIpc) is 2.45. The summed E-state index contributed by atoms with van der Waals surface area (Å²) in [7, 11) is 1.69. The summed E-state index contributed by atoms with van der Waals surface area (Å²) < 4.78 is 5.41. The van der Waals surface area contributed by atoms with Crippen molar-refractivity contribution < 1.29 is 14.6 Å². The molecule has 2 aromatic carbocycles. The van der Waals surface area contributed by atoms with E-state index in [9.17, 15) is 9.90 Å². The van der Waals surface area contributed by atoms with Gasteiger partial charge in [-0.3, -0.25) is 4.79 Å². The minimum atomic E-state index is -0.152. The van der Waals surface area contributed by atoms with Gasteiger partial charge in [-0.2, -0.15) is 0 Å². The topological polar surface area (TPSA) is 75.8 Å². The van der Waals surface area contributed by atoms with E-state index >= 15 is 0 Å². The number of aromatic hydroxyl groups is 1. The van der Waals surface area contributed by atoms with Crippen LogP contribution < -0.4 is 10.5 Å². The second-order valence-corrected chi connectivity index (χ2v) is 4.78. The molecule has 0 saturated carbocycles. The van der Waals surface area contributed by atoms with E-state index in [1.807, 2.05) is 6.07 Å². The fourth-order valence-electron chi connectivity index (χ4n) is 1.88. The standard InChI is InChI=1S/C16H18N2O3/c1-18(10-12-4-2-6-14(19)8-12)16(20)11-21-15-7-3-5-13(17)9-15/h2-9,19H,10-11,17H2,1H3. The molecule has 0 atom stereocenters. The van der Waals surface area contributed by atoms with Crippen molar-refractivity contribution in [2.45, 2.75) is 6.54 Å². The molecule has 1 amide bonds. The van der Waals surface area contributed by atoms with E-state index in [-0.39, 0.29) is 18.3 Å². The number of likely N-dealkylation sites (N-methyl/N-ethyl adjacent to an activating group) is 1. The summed E-state index contributed by atoms with van der Waals surface area (Å²) in [4.78, 5) is 13.5. The van der Waals surface area contributed by atoms with Crippen molar-refractivity contribution in [2.24, 2.45) is 0 Å². The third-order valence-electron chi connectivity index (χ3n) is 2.98. The fraction of sp³-hybridized carbons (Fsp3) is 0.188. The summed E-state index contributed by atoms with van der Waals surface area (Å²) >= 11 is 0. The van der Waals surface area contributed by atoms with Crippen molar-refractivity contribution in [1.82, 2.24) is 4.90 Å². The highest BCUT2D eigenvalue weighted by Crippen LogP contribution is 2.15. The first-order valence-corrected chi connectivity index (χ1v) is 6.55. The zero-order valence-electron chi connectivity index (χ0n) is 11.8. The van der Waals surface area contributed by atoms with Crippen LogP contribution in [0.5, 0.6) is 11.5 Å². The van der Waals surface area contributed by atoms with Crippen molar-refractivity contribution in [1.29, 1.82) is 0 Å². The third kappa shape index (κ3) is 4.42. The zero-order valence-corrected chi connectivity index (χ0v) is 11.8. The first-order valence-electron chi connectivity index (χ1n) is 6.55. The second kappa shape index (κ2) is 6.65. The lowest BCUT2D eigenvalue weighted by Crippen LogP contribution is -2.30. The van der Waals surface area contributed by atoms with Gasteiger partial charge < -0.3 is 20.5 Å². The quantitative estimate of drug-likeness (QED) is 0.824. The highest BCUT2D eigenvalue weighted by atomic mass is 16.5. The van der Waals surface area contributed by atoms with E-state index in [1.54, 1.807) is 54.4 Å². The molecule has 0 aromatic heterocycles. The van der Waals surface area contributed by atoms with Crippen molar-refractivity contribution in [2.75, 3.05) is 19.4 Å². The maximum Gasteiger partial charge on any atom is 0.260 e. The van der Waals surface area contributed by atoms with Gasteiger partial charge in [-0.05, 0) is 29.8 Å². The van der Waals surface area contributed by atoms with Crippen LogP contribution in [0.1, 0.15) is 5.56 Å². The third-order valence-corrected chi connectivity index (χ3v) is 2.98. The average molecular weight is 286 g/mol. The molecule has 0 saturated heterocycles. The van der Waals surface area contributed by atoms with Crippen LogP contribution in [0.3, 0.4) is 0 Å². The van der Waals surface area contributed by atoms with E-state index in [2.05, 4.69) is 0 Å². The van der Waals surface area contributed by atoms with Crippen LogP contribution in [-0.2, 0) is 11.3 Å². The number of ether oxygens (including phenoxy) is 1. The largest absolute Gasteiger partial charge is 0.508 e. The predicted octanol–water partition coefficient (Wildman–Crippen LogP) is 2.01. The van der Waals surface area contributed by atoms with Gasteiger partial charge in [0, 0.05) is 25.3 Å². The van der Waals surface area contributed by atoms with Crippen molar-refractivity contribution in [3.63, 3.8) is 0 Å². The molecule has 110 valence electrons. The predicted molar refractivity (Wildman–Crippen MR) is 80.9 cm³/mol. The van der Waals surface area contributed by atoms with Crippen LogP contribution in [0.25, 0.3) is 0 Å². The Kier molecular flexibility index (Phi) is 4.66. The number of amides is 1. The molecule has 0 spiro atoms. The van der Waals surface area contributed by atoms with Crippen LogP contribution in [-0.4, -0.2) is 29.6 Å². The molecule has 0 unspecified atom stereocenters. The minimum absolute atomic E-state index is 0.0568. The summed E-state index contributed by atoms with van der Waals surface area (Å²) in [5.74, 6) is 0.597. The number of rotatable bonds is 5. The van der Waals surface area contributed by atoms with Crippen molar-refractivity contribution >= 4 is 11.6 Å². The lowest BCUT2D eigenvalue weighted by molar-refractivity contribution is -0.132. The van der Waals surface area contributed by atoms with Gasteiger partial charge in [0.1, 0.15) is 11.5 Å².